The molecule has 3 aromatic rings. The van der Waals surface area contributed by atoms with Crippen molar-refractivity contribution in [2.24, 2.45) is 0 Å². The Morgan fingerprint density at radius 2 is 1.54 bits per heavy atom. The third-order valence-electron chi connectivity index (χ3n) is 4.12. The summed E-state index contributed by atoms with van der Waals surface area (Å²) in [6.07, 6.45) is -10.0. The van der Waals surface area contributed by atoms with E-state index in [0.29, 0.717) is 17.7 Å². The Hall–Kier alpha value is -2.97. The van der Waals surface area contributed by atoms with Crippen LogP contribution in [0.15, 0.2) is 42.5 Å². The zero-order valence-electron chi connectivity index (χ0n) is 14.4. The molecule has 0 fully saturated rings. The molecular weight excluding hydrogens is 386 g/mol. The number of fused-ring (bicyclic) bond motifs is 1. The van der Waals surface area contributed by atoms with Crippen LogP contribution in [0.1, 0.15) is 32.7 Å². The van der Waals surface area contributed by atoms with Gasteiger partial charge in [-0.15, -0.1) is 0 Å². The van der Waals surface area contributed by atoms with E-state index in [1.165, 1.54) is 0 Å². The van der Waals surface area contributed by atoms with Crippen LogP contribution in [-0.2, 0) is 18.9 Å². The molecule has 0 unspecified atom stereocenters. The maximum atomic E-state index is 12.9. The normalized spacial score (nSPS) is 12.4. The van der Waals surface area contributed by atoms with Crippen molar-refractivity contribution in [1.82, 2.24) is 10.3 Å². The quantitative estimate of drug-likeness (QED) is 0.565. The highest BCUT2D eigenvalue weighted by Gasteiger charge is 2.37. The van der Waals surface area contributed by atoms with E-state index in [-0.39, 0.29) is 12.6 Å². The van der Waals surface area contributed by atoms with Crippen molar-refractivity contribution in [3.63, 3.8) is 0 Å². The Balaban J connectivity index is 1.84. The molecule has 0 atom stereocenters. The number of rotatable bonds is 3. The van der Waals surface area contributed by atoms with E-state index in [4.69, 9.17) is 0 Å². The van der Waals surface area contributed by atoms with Crippen molar-refractivity contribution in [3.8, 4) is 0 Å². The van der Waals surface area contributed by atoms with Gasteiger partial charge in [-0.2, -0.15) is 26.3 Å². The number of carbonyl (C=O) groups is 1. The Bertz CT molecular complexity index is 1000. The molecule has 0 aliphatic heterocycles. The summed E-state index contributed by atoms with van der Waals surface area (Å²) in [5.74, 6) is -1.03. The molecule has 2 N–H and O–H groups in total. The number of H-pyrrole nitrogens is 1. The van der Waals surface area contributed by atoms with Gasteiger partial charge in [0.2, 0.25) is 0 Å². The van der Waals surface area contributed by atoms with E-state index in [1.54, 1.807) is 18.2 Å². The number of aromatic nitrogens is 1. The van der Waals surface area contributed by atoms with Crippen molar-refractivity contribution >= 4 is 16.8 Å². The van der Waals surface area contributed by atoms with E-state index >= 15 is 0 Å². The minimum Gasteiger partial charge on any atom is -0.359 e. The van der Waals surface area contributed by atoms with Gasteiger partial charge in [0.25, 0.3) is 5.91 Å². The molecule has 28 heavy (non-hydrogen) atoms. The van der Waals surface area contributed by atoms with E-state index < -0.39 is 35.0 Å². The Kier molecular flexibility index (Phi) is 4.86. The molecule has 0 saturated heterocycles. The molecule has 3 nitrogen and oxygen atoms in total. The van der Waals surface area contributed by atoms with Crippen LogP contribution in [-0.4, -0.2) is 10.9 Å². The summed E-state index contributed by atoms with van der Waals surface area (Å²) >= 11 is 0. The van der Waals surface area contributed by atoms with Crippen LogP contribution in [0, 0.1) is 6.92 Å². The van der Waals surface area contributed by atoms with Gasteiger partial charge in [-0.25, -0.2) is 0 Å². The van der Waals surface area contributed by atoms with Gasteiger partial charge in [0.15, 0.2) is 0 Å². The molecular formula is C19H14F6N2O. The lowest BCUT2D eigenvalue weighted by Crippen LogP contribution is -2.24. The standard InChI is InChI=1S/C19H14F6N2O/c1-10-4-12-5-11(2-3-16(12)27-10)9-26-17(28)13-6-14(18(20,21)22)8-15(7-13)19(23,24)25/h2-8,27H,9H2,1H3,(H,26,28). The maximum absolute atomic E-state index is 12.9. The van der Waals surface area contributed by atoms with Crippen molar-refractivity contribution in [2.75, 3.05) is 0 Å². The fraction of sp³-hybridized carbons (Fsp3) is 0.211. The highest BCUT2D eigenvalue weighted by atomic mass is 19.4. The van der Waals surface area contributed by atoms with Gasteiger partial charge in [-0.3, -0.25) is 4.79 Å². The second-order valence-electron chi connectivity index (χ2n) is 6.35. The zero-order valence-corrected chi connectivity index (χ0v) is 14.4. The fourth-order valence-corrected chi connectivity index (χ4v) is 2.81. The van der Waals surface area contributed by atoms with Gasteiger partial charge < -0.3 is 10.3 Å². The maximum Gasteiger partial charge on any atom is 0.416 e. The lowest BCUT2D eigenvalue weighted by atomic mass is 10.0. The van der Waals surface area contributed by atoms with E-state index in [2.05, 4.69) is 10.3 Å². The Morgan fingerprint density at radius 3 is 2.11 bits per heavy atom. The van der Waals surface area contributed by atoms with Gasteiger partial charge in [0.05, 0.1) is 11.1 Å². The predicted molar refractivity (Wildman–Crippen MR) is 90.7 cm³/mol. The zero-order chi connectivity index (χ0) is 20.7. The van der Waals surface area contributed by atoms with Gasteiger partial charge in [-0.1, -0.05) is 6.07 Å². The highest BCUT2D eigenvalue weighted by molar-refractivity contribution is 5.94. The molecule has 0 bridgehead atoms. The summed E-state index contributed by atoms with van der Waals surface area (Å²) in [7, 11) is 0. The second kappa shape index (κ2) is 6.88. The molecule has 9 heteroatoms. The molecule has 0 saturated carbocycles. The largest absolute Gasteiger partial charge is 0.416 e. The lowest BCUT2D eigenvalue weighted by molar-refractivity contribution is -0.143. The molecule has 0 radical (unpaired) electrons. The smallest absolute Gasteiger partial charge is 0.359 e. The first-order valence-electron chi connectivity index (χ1n) is 8.09. The number of nitrogens with one attached hydrogen (secondary N) is 2. The molecule has 148 valence electrons. The number of aryl methyl sites for hydroxylation is 1. The van der Waals surface area contributed by atoms with E-state index in [0.717, 1.165) is 16.6 Å². The van der Waals surface area contributed by atoms with Crippen LogP contribution < -0.4 is 5.32 Å². The van der Waals surface area contributed by atoms with E-state index in [9.17, 15) is 31.1 Å². The molecule has 2 aromatic carbocycles. The number of alkyl halides is 6. The molecule has 0 aliphatic rings. The van der Waals surface area contributed by atoms with Gasteiger partial charge in [-0.05, 0) is 54.3 Å². The summed E-state index contributed by atoms with van der Waals surface area (Å²) in [5, 5.41) is 3.24. The number of halogens is 6. The van der Waals surface area contributed by atoms with Crippen LogP contribution in [0.25, 0.3) is 10.9 Å². The Labute approximate surface area is 155 Å². The van der Waals surface area contributed by atoms with Crippen LogP contribution in [0.5, 0.6) is 0 Å². The average Bonchev–Trinajstić information content (AvgIpc) is 2.97. The third kappa shape index (κ3) is 4.29. The molecule has 0 aliphatic carbocycles. The first-order chi connectivity index (χ1) is 12.9. The fourth-order valence-electron chi connectivity index (χ4n) is 2.81. The van der Waals surface area contributed by atoms with Crippen LogP contribution >= 0.6 is 0 Å². The highest BCUT2D eigenvalue weighted by Crippen LogP contribution is 2.36. The summed E-state index contributed by atoms with van der Waals surface area (Å²) in [5.41, 5.74) is -1.31. The number of carbonyl (C=O) groups excluding carboxylic acids is 1. The van der Waals surface area contributed by atoms with E-state index in [1.807, 2.05) is 13.0 Å². The molecule has 3 rings (SSSR count). The third-order valence-corrected chi connectivity index (χ3v) is 4.12. The van der Waals surface area contributed by atoms with Gasteiger partial charge in [0.1, 0.15) is 0 Å². The summed E-state index contributed by atoms with van der Waals surface area (Å²) in [6, 6.07) is 7.92. The van der Waals surface area contributed by atoms with Crippen molar-refractivity contribution in [3.05, 3.63) is 70.4 Å². The minimum atomic E-state index is -5.01. The predicted octanol–water partition coefficient (Wildman–Crippen LogP) is 5.44. The monoisotopic (exact) mass is 400 g/mol. The molecule has 1 amide bonds. The number of aromatic amines is 1. The Morgan fingerprint density at radius 1 is 0.929 bits per heavy atom. The van der Waals surface area contributed by atoms with Crippen molar-refractivity contribution in [2.45, 2.75) is 25.8 Å². The summed E-state index contributed by atoms with van der Waals surface area (Å²) in [4.78, 5) is 15.3. The number of hydrogen-bond acceptors (Lipinski definition) is 1. The SMILES string of the molecule is Cc1cc2cc(CNC(=O)c3cc(C(F)(F)F)cc(C(F)(F)F)c3)ccc2[nH]1. The second-order valence-corrected chi connectivity index (χ2v) is 6.35. The number of benzene rings is 2. The first kappa shape index (κ1) is 19.8. The van der Waals surface area contributed by atoms with Gasteiger partial charge in [0, 0.05) is 23.3 Å². The molecule has 1 aromatic heterocycles. The minimum absolute atomic E-state index is 0.0149. The average molecular weight is 400 g/mol. The molecule has 1 heterocycles. The number of hydrogen-bond donors (Lipinski definition) is 2. The van der Waals surface area contributed by atoms with Crippen LogP contribution in [0.3, 0.4) is 0 Å². The molecule has 0 spiro atoms. The topological polar surface area (TPSA) is 44.9 Å². The van der Waals surface area contributed by atoms with Crippen molar-refractivity contribution < 1.29 is 31.1 Å². The van der Waals surface area contributed by atoms with Crippen LogP contribution in [0.2, 0.25) is 0 Å². The lowest BCUT2D eigenvalue weighted by Gasteiger charge is -2.14. The summed E-state index contributed by atoms with van der Waals surface area (Å²) in [6.45, 7) is 1.82. The van der Waals surface area contributed by atoms with Crippen LogP contribution in [0.4, 0.5) is 26.3 Å². The van der Waals surface area contributed by atoms with Gasteiger partial charge >= 0.3 is 12.4 Å². The van der Waals surface area contributed by atoms with Crippen molar-refractivity contribution in [1.29, 1.82) is 0 Å². The summed E-state index contributed by atoms with van der Waals surface area (Å²) < 4.78 is 77.4. The number of amides is 1. The first-order valence-corrected chi connectivity index (χ1v) is 8.09.